The Kier molecular flexibility index (Phi) is 8.66. The van der Waals surface area contributed by atoms with Gasteiger partial charge in [0, 0.05) is 5.56 Å². The molecule has 3 aromatic rings. The van der Waals surface area contributed by atoms with Gasteiger partial charge < -0.3 is 23.7 Å². The van der Waals surface area contributed by atoms with Gasteiger partial charge in [0.2, 0.25) is 5.75 Å². The van der Waals surface area contributed by atoms with Crippen molar-refractivity contribution < 1.29 is 33.3 Å². The number of benzene rings is 3. The lowest BCUT2D eigenvalue weighted by molar-refractivity contribution is 0.0734. The number of ether oxygens (including phenoxy) is 5. The molecule has 3 aromatic carbocycles. The van der Waals surface area contributed by atoms with Crippen molar-refractivity contribution in [2.75, 3.05) is 27.9 Å². The summed E-state index contributed by atoms with van der Waals surface area (Å²) in [5.74, 6) is 1.23. The molecular weight excluding hydrogens is 452 g/mol. The van der Waals surface area contributed by atoms with Crippen LogP contribution in [0.5, 0.6) is 28.7 Å². The van der Waals surface area contributed by atoms with Gasteiger partial charge in [-0.25, -0.2) is 10.2 Å². The highest BCUT2D eigenvalue weighted by Crippen LogP contribution is 2.38. The topological polar surface area (TPSA) is 105 Å². The van der Waals surface area contributed by atoms with Gasteiger partial charge in [0.25, 0.3) is 5.91 Å². The van der Waals surface area contributed by atoms with Crippen LogP contribution in [0, 0.1) is 0 Å². The first-order valence-corrected chi connectivity index (χ1v) is 10.7. The molecule has 0 fully saturated rings. The van der Waals surface area contributed by atoms with Gasteiger partial charge in [-0.05, 0) is 73.2 Å². The lowest BCUT2D eigenvalue weighted by Crippen LogP contribution is -2.18. The summed E-state index contributed by atoms with van der Waals surface area (Å²) < 4.78 is 26.5. The molecule has 35 heavy (non-hydrogen) atoms. The third-order valence-corrected chi connectivity index (χ3v) is 4.80. The van der Waals surface area contributed by atoms with Crippen molar-refractivity contribution in [2.24, 2.45) is 5.10 Å². The Morgan fingerprint density at radius 3 is 1.97 bits per heavy atom. The zero-order chi connectivity index (χ0) is 25.2. The van der Waals surface area contributed by atoms with Crippen molar-refractivity contribution in [3.63, 3.8) is 0 Å². The minimum atomic E-state index is -0.480. The zero-order valence-corrected chi connectivity index (χ0v) is 19.9. The third kappa shape index (κ3) is 6.50. The maximum atomic E-state index is 12.5. The maximum absolute atomic E-state index is 12.5. The van der Waals surface area contributed by atoms with Gasteiger partial charge in [0.05, 0.1) is 39.7 Å². The van der Waals surface area contributed by atoms with Gasteiger partial charge in [0.15, 0.2) is 11.5 Å². The number of nitrogens with zero attached hydrogens (tertiary/aromatic N) is 1. The van der Waals surface area contributed by atoms with Crippen LogP contribution in [0.1, 0.15) is 33.2 Å². The van der Waals surface area contributed by atoms with E-state index in [0.29, 0.717) is 46.5 Å². The van der Waals surface area contributed by atoms with E-state index in [1.807, 2.05) is 6.92 Å². The number of methoxy groups -OCH3 is 3. The molecule has 1 N–H and O–H groups in total. The summed E-state index contributed by atoms with van der Waals surface area (Å²) in [6.45, 7) is 2.44. The molecule has 182 valence electrons. The van der Waals surface area contributed by atoms with E-state index < -0.39 is 11.9 Å². The van der Waals surface area contributed by atoms with Gasteiger partial charge >= 0.3 is 5.97 Å². The fourth-order valence-corrected chi connectivity index (χ4v) is 3.08. The van der Waals surface area contributed by atoms with E-state index in [2.05, 4.69) is 10.5 Å². The van der Waals surface area contributed by atoms with Crippen molar-refractivity contribution in [3.05, 3.63) is 77.4 Å². The second-order valence-corrected chi connectivity index (χ2v) is 7.03. The first-order chi connectivity index (χ1) is 17.0. The van der Waals surface area contributed by atoms with Gasteiger partial charge in [-0.3, -0.25) is 4.79 Å². The Bertz CT molecular complexity index is 1160. The minimum Gasteiger partial charge on any atom is -0.494 e. The number of esters is 1. The van der Waals surface area contributed by atoms with Crippen LogP contribution < -0.4 is 29.1 Å². The normalized spacial score (nSPS) is 10.5. The summed E-state index contributed by atoms with van der Waals surface area (Å²) in [5, 5.41) is 3.98. The Hall–Kier alpha value is -4.53. The molecule has 9 nitrogen and oxygen atoms in total. The molecule has 0 aliphatic carbocycles. The fourth-order valence-electron chi connectivity index (χ4n) is 3.08. The molecule has 0 unspecified atom stereocenters. The number of carbonyl (C=O) groups excluding carboxylic acids is 2. The predicted octanol–water partition coefficient (Wildman–Crippen LogP) is 4.09. The SMILES string of the molecule is CCOc1ccc(C(=O)Oc2ccc(/C=N\NC(=O)c3cc(OC)c(OC)c(OC)c3)cc2)cc1. The first kappa shape index (κ1) is 25.1. The number of amides is 1. The molecule has 1 amide bonds. The average molecular weight is 479 g/mol. The van der Waals surface area contributed by atoms with Crippen LogP contribution in [0.3, 0.4) is 0 Å². The summed E-state index contributed by atoms with van der Waals surface area (Å²) in [4.78, 5) is 24.8. The van der Waals surface area contributed by atoms with E-state index in [0.717, 1.165) is 0 Å². The molecule has 0 aromatic heterocycles. The Morgan fingerprint density at radius 1 is 0.829 bits per heavy atom. The fraction of sp³-hybridized carbons (Fsp3) is 0.192. The van der Waals surface area contributed by atoms with E-state index in [-0.39, 0.29) is 5.56 Å². The highest BCUT2D eigenvalue weighted by atomic mass is 16.5. The van der Waals surface area contributed by atoms with Crippen LogP contribution in [0.2, 0.25) is 0 Å². The third-order valence-electron chi connectivity index (χ3n) is 4.80. The quantitative estimate of drug-likeness (QED) is 0.202. The lowest BCUT2D eigenvalue weighted by atomic mass is 10.1. The first-order valence-electron chi connectivity index (χ1n) is 10.7. The van der Waals surface area contributed by atoms with Crippen LogP contribution >= 0.6 is 0 Å². The summed E-state index contributed by atoms with van der Waals surface area (Å²) in [7, 11) is 4.42. The zero-order valence-electron chi connectivity index (χ0n) is 19.9. The molecule has 0 saturated heterocycles. The molecule has 0 heterocycles. The van der Waals surface area contributed by atoms with E-state index >= 15 is 0 Å². The predicted molar refractivity (Wildman–Crippen MR) is 130 cm³/mol. The van der Waals surface area contributed by atoms with E-state index in [9.17, 15) is 9.59 Å². The van der Waals surface area contributed by atoms with Crippen LogP contribution in [0.15, 0.2) is 65.8 Å². The van der Waals surface area contributed by atoms with Crippen molar-refractivity contribution in [1.29, 1.82) is 0 Å². The van der Waals surface area contributed by atoms with Crippen LogP contribution in [0.25, 0.3) is 0 Å². The van der Waals surface area contributed by atoms with Gasteiger partial charge in [0.1, 0.15) is 11.5 Å². The molecule has 3 rings (SSSR count). The largest absolute Gasteiger partial charge is 0.494 e. The number of rotatable bonds is 10. The van der Waals surface area contributed by atoms with Crippen molar-refractivity contribution >= 4 is 18.1 Å². The highest BCUT2D eigenvalue weighted by molar-refractivity contribution is 5.96. The molecule has 0 atom stereocenters. The van der Waals surface area contributed by atoms with Crippen LogP contribution in [-0.2, 0) is 0 Å². The molecular formula is C26H26N2O7. The van der Waals surface area contributed by atoms with E-state index in [1.54, 1.807) is 48.5 Å². The highest BCUT2D eigenvalue weighted by Gasteiger charge is 2.16. The summed E-state index contributed by atoms with van der Waals surface area (Å²) in [6, 6.07) is 16.4. The summed E-state index contributed by atoms with van der Waals surface area (Å²) in [5.41, 5.74) is 3.84. The van der Waals surface area contributed by atoms with Crippen molar-refractivity contribution in [2.45, 2.75) is 6.92 Å². The second-order valence-electron chi connectivity index (χ2n) is 7.03. The monoisotopic (exact) mass is 478 g/mol. The molecule has 0 bridgehead atoms. The Labute approximate surface area is 203 Å². The maximum Gasteiger partial charge on any atom is 0.343 e. The molecule has 0 saturated carbocycles. The molecule has 0 spiro atoms. The van der Waals surface area contributed by atoms with Crippen molar-refractivity contribution in [1.82, 2.24) is 5.43 Å². The summed E-state index contributed by atoms with van der Waals surface area (Å²) in [6.07, 6.45) is 1.47. The molecule has 9 heteroatoms. The minimum absolute atomic E-state index is 0.285. The second kappa shape index (κ2) is 12.1. The number of hydrogen-bond acceptors (Lipinski definition) is 8. The lowest BCUT2D eigenvalue weighted by Gasteiger charge is -2.13. The standard InChI is InChI=1S/C26H26N2O7/c1-5-34-20-12-8-18(9-13-20)26(30)35-21-10-6-17(7-11-21)16-27-28-25(29)19-14-22(31-2)24(33-4)23(15-19)32-3/h6-16H,5H2,1-4H3,(H,28,29)/b27-16-. The van der Waals surface area contributed by atoms with E-state index in [4.69, 9.17) is 23.7 Å². The molecule has 0 aliphatic rings. The van der Waals surface area contributed by atoms with Crippen molar-refractivity contribution in [3.8, 4) is 28.7 Å². The van der Waals surface area contributed by atoms with Gasteiger partial charge in [-0.1, -0.05) is 0 Å². The van der Waals surface area contributed by atoms with Crippen LogP contribution in [0.4, 0.5) is 0 Å². The van der Waals surface area contributed by atoms with Gasteiger partial charge in [-0.15, -0.1) is 0 Å². The number of hydrogen-bond donors (Lipinski definition) is 1. The van der Waals surface area contributed by atoms with E-state index in [1.165, 1.54) is 39.7 Å². The smallest absolute Gasteiger partial charge is 0.343 e. The van der Waals surface area contributed by atoms with Gasteiger partial charge in [-0.2, -0.15) is 5.10 Å². The number of nitrogens with one attached hydrogen (secondary N) is 1. The Morgan fingerprint density at radius 2 is 1.43 bits per heavy atom. The summed E-state index contributed by atoms with van der Waals surface area (Å²) >= 11 is 0. The number of carbonyl (C=O) groups is 2. The molecule has 0 radical (unpaired) electrons. The number of hydrazone groups is 1. The molecule has 0 aliphatic heterocycles. The average Bonchev–Trinajstić information content (AvgIpc) is 2.89. The van der Waals surface area contributed by atoms with Crippen LogP contribution in [-0.4, -0.2) is 46.0 Å². The Balaban J connectivity index is 1.59.